The van der Waals surface area contributed by atoms with E-state index in [1.807, 2.05) is 0 Å². The number of piperidine rings is 1. The van der Waals surface area contributed by atoms with Gasteiger partial charge < -0.3 is 10.2 Å². The van der Waals surface area contributed by atoms with Crippen molar-refractivity contribution >= 4 is 0 Å². The molecule has 2 heteroatoms. The second kappa shape index (κ2) is 3.75. The van der Waals surface area contributed by atoms with Crippen LogP contribution in [0, 0.1) is 0 Å². The number of nitrogens with one attached hydrogen (secondary N) is 1. The van der Waals surface area contributed by atoms with Crippen molar-refractivity contribution in [2.45, 2.75) is 45.2 Å². The van der Waals surface area contributed by atoms with Crippen molar-refractivity contribution in [1.82, 2.24) is 10.2 Å². The molecule has 72 valence electrons. The molecule has 1 N–H and O–H groups in total. The van der Waals surface area contributed by atoms with E-state index in [0.29, 0.717) is 6.04 Å². The van der Waals surface area contributed by atoms with Crippen LogP contribution in [-0.2, 0) is 0 Å². The van der Waals surface area contributed by atoms with Gasteiger partial charge >= 0.3 is 0 Å². The molecule has 0 aromatic carbocycles. The summed E-state index contributed by atoms with van der Waals surface area (Å²) in [5, 5.41) is 3.65. The molecule has 1 aliphatic heterocycles. The van der Waals surface area contributed by atoms with Gasteiger partial charge in [0.2, 0.25) is 0 Å². The van der Waals surface area contributed by atoms with Gasteiger partial charge in [-0.15, -0.1) is 0 Å². The van der Waals surface area contributed by atoms with Crippen molar-refractivity contribution in [3.63, 3.8) is 0 Å². The first kappa shape index (κ1) is 10.0. The number of likely N-dealkylation sites (N-methyl/N-ethyl adjacent to an activating group) is 1. The van der Waals surface area contributed by atoms with Gasteiger partial charge in [-0.1, -0.05) is 0 Å². The zero-order chi connectivity index (χ0) is 9.19. The monoisotopic (exact) mass is 170 g/mol. The smallest absolute Gasteiger partial charge is 0.0200 e. The van der Waals surface area contributed by atoms with E-state index in [1.54, 1.807) is 0 Å². The maximum atomic E-state index is 3.65. The first-order valence-electron chi connectivity index (χ1n) is 4.93. The van der Waals surface area contributed by atoms with E-state index >= 15 is 0 Å². The summed E-state index contributed by atoms with van der Waals surface area (Å²) in [4.78, 5) is 2.41. The van der Waals surface area contributed by atoms with Gasteiger partial charge in [-0.2, -0.15) is 0 Å². The Labute approximate surface area is 76.3 Å². The van der Waals surface area contributed by atoms with Crippen LogP contribution in [0.5, 0.6) is 0 Å². The molecule has 0 radical (unpaired) electrons. The lowest BCUT2D eigenvalue weighted by Gasteiger charge is -2.35. The highest BCUT2D eigenvalue weighted by Gasteiger charge is 2.21. The quantitative estimate of drug-likeness (QED) is 0.641. The molecule has 1 atom stereocenters. The highest BCUT2D eigenvalue weighted by molar-refractivity contribution is 4.82. The standard InChI is InChI=1S/C10H22N2/c1-10(2,3)11-9-6-5-7-12(4)8-9/h9,11H,5-8H2,1-4H3. The van der Waals surface area contributed by atoms with Crippen molar-refractivity contribution < 1.29 is 0 Å². The second-order valence-electron chi connectivity index (χ2n) is 5.00. The summed E-state index contributed by atoms with van der Waals surface area (Å²) in [6, 6.07) is 0.698. The van der Waals surface area contributed by atoms with Crippen LogP contribution in [-0.4, -0.2) is 36.6 Å². The lowest BCUT2D eigenvalue weighted by Crippen LogP contribution is -2.50. The Morgan fingerprint density at radius 3 is 2.50 bits per heavy atom. The molecule has 12 heavy (non-hydrogen) atoms. The van der Waals surface area contributed by atoms with Crippen LogP contribution in [0.25, 0.3) is 0 Å². The lowest BCUT2D eigenvalue weighted by molar-refractivity contribution is 0.201. The van der Waals surface area contributed by atoms with Crippen molar-refractivity contribution in [3.8, 4) is 0 Å². The van der Waals surface area contributed by atoms with Gasteiger partial charge in [0.05, 0.1) is 0 Å². The fourth-order valence-corrected chi connectivity index (χ4v) is 1.90. The molecule has 2 nitrogen and oxygen atoms in total. The maximum absolute atomic E-state index is 3.65. The third-order valence-corrected chi connectivity index (χ3v) is 2.26. The molecule has 0 aliphatic carbocycles. The zero-order valence-electron chi connectivity index (χ0n) is 8.85. The molecule has 0 aromatic rings. The van der Waals surface area contributed by atoms with E-state index < -0.39 is 0 Å². The molecule has 1 fully saturated rings. The number of likely N-dealkylation sites (tertiary alicyclic amines) is 1. The van der Waals surface area contributed by atoms with Crippen LogP contribution < -0.4 is 5.32 Å². The van der Waals surface area contributed by atoms with Crippen molar-refractivity contribution in [2.75, 3.05) is 20.1 Å². The number of hydrogen-bond acceptors (Lipinski definition) is 2. The second-order valence-corrected chi connectivity index (χ2v) is 5.00. The van der Waals surface area contributed by atoms with Gasteiger partial charge in [-0.3, -0.25) is 0 Å². The van der Waals surface area contributed by atoms with Crippen molar-refractivity contribution in [2.24, 2.45) is 0 Å². The number of hydrogen-bond donors (Lipinski definition) is 1. The Morgan fingerprint density at radius 2 is 2.00 bits per heavy atom. The zero-order valence-corrected chi connectivity index (χ0v) is 8.85. The maximum Gasteiger partial charge on any atom is 0.0200 e. The van der Waals surface area contributed by atoms with Crippen LogP contribution >= 0.6 is 0 Å². The Hall–Kier alpha value is -0.0800. The molecule has 1 heterocycles. The van der Waals surface area contributed by atoms with Gasteiger partial charge in [0, 0.05) is 18.1 Å². The SMILES string of the molecule is CN1CCCC(NC(C)(C)C)C1. The predicted molar refractivity (Wildman–Crippen MR) is 53.4 cm³/mol. The molecule has 1 saturated heterocycles. The minimum Gasteiger partial charge on any atom is -0.308 e. The topological polar surface area (TPSA) is 15.3 Å². The third-order valence-electron chi connectivity index (χ3n) is 2.26. The molecular weight excluding hydrogens is 148 g/mol. The van der Waals surface area contributed by atoms with E-state index in [0.717, 1.165) is 0 Å². The number of nitrogens with zero attached hydrogens (tertiary/aromatic N) is 1. The molecule has 1 unspecified atom stereocenters. The Kier molecular flexibility index (Phi) is 3.13. The van der Waals surface area contributed by atoms with Gasteiger partial charge in [0.1, 0.15) is 0 Å². The van der Waals surface area contributed by atoms with Crippen molar-refractivity contribution in [3.05, 3.63) is 0 Å². The summed E-state index contributed by atoms with van der Waals surface area (Å²) < 4.78 is 0. The summed E-state index contributed by atoms with van der Waals surface area (Å²) in [6.45, 7) is 9.18. The van der Waals surface area contributed by atoms with E-state index in [-0.39, 0.29) is 5.54 Å². The van der Waals surface area contributed by atoms with E-state index in [1.165, 1.54) is 25.9 Å². The first-order chi connectivity index (χ1) is 5.47. The predicted octanol–water partition coefficient (Wildman–Crippen LogP) is 1.47. The molecule has 0 bridgehead atoms. The molecule has 0 amide bonds. The molecule has 1 aliphatic rings. The van der Waals surface area contributed by atoms with Gasteiger partial charge in [-0.05, 0) is 47.2 Å². The lowest BCUT2D eigenvalue weighted by atomic mass is 10.0. The van der Waals surface area contributed by atoms with Crippen LogP contribution in [0.15, 0.2) is 0 Å². The summed E-state index contributed by atoms with van der Waals surface area (Å²) >= 11 is 0. The Morgan fingerprint density at radius 1 is 1.33 bits per heavy atom. The third kappa shape index (κ3) is 3.55. The Balaban J connectivity index is 2.32. The average Bonchev–Trinajstić information content (AvgIpc) is 1.82. The molecule has 0 spiro atoms. The van der Waals surface area contributed by atoms with Crippen LogP contribution in [0.1, 0.15) is 33.6 Å². The minimum atomic E-state index is 0.267. The summed E-state index contributed by atoms with van der Waals surface area (Å²) in [5.74, 6) is 0. The fraction of sp³-hybridized carbons (Fsp3) is 1.00. The normalized spacial score (nSPS) is 27.5. The largest absolute Gasteiger partial charge is 0.308 e. The summed E-state index contributed by atoms with van der Waals surface area (Å²) in [7, 11) is 2.20. The molecule has 0 saturated carbocycles. The van der Waals surface area contributed by atoms with Crippen molar-refractivity contribution in [1.29, 1.82) is 0 Å². The van der Waals surface area contributed by atoms with Gasteiger partial charge in [0.15, 0.2) is 0 Å². The molecule has 0 aromatic heterocycles. The van der Waals surface area contributed by atoms with Gasteiger partial charge in [-0.25, -0.2) is 0 Å². The van der Waals surface area contributed by atoms with E-state index in [9.17, 15) is 0 Å². The number of rotatable bonds is 1. The Bertz CT molecular complexity index is 137. The molecular formula is C10H22N2. The minimum absolute atomic E-state index is 0.267. The molecule has 1 rings (SSSR count). The first-order valence-corrected chi connectivity index (χ1v) is 4.93. The summed E-state index contributed by atoms with van der Waals surface area (Å²) in [5.41, 5.74) is 0.267. The average molecular weight is 170 g/mol. The highest BCUT2D eigenvalue weighted by atomic mass is 15.1. The van der Waals surface area contributed by atoms with Crippen LogP contribution in [0.4, 0.5) is 0 Å². The van der Waals surface area contributed by atoms with E-state index in [4.69, 9.17) is 0 Å². The van der Waals surface area contributed by atoms with Crippen LogP contribution in [0.2, 0.25) is 0 Å². The summed E-state index contributed by atoms with van der Waals surface area (Å²) in [6.07, 6.45) is 2.67. The fourth-order valence-electron chi connectivity index (χ4n) is 1.90. The van der Waals surface area contributed by atoms with Crippen LogP contribution in [0.3, 0.4) is 0 Å². The highest BCUT2D eigenvalue weighted by Crippen LogP contribution is 2.11. The van der Waals surface area contributed by atoms with E-state index in [2.05, 4.69) is 38.0 Å². The van der Waals surface area contributed by atoms with Gasteiger partial charge in [0.25, 0.3) is 0 Å².